The van der Waals surface area contributed by atoms with E-state index >= 15 is 0 Å². The minimum Gasteiger partial charge on any atom is -0.298 e. The fraction of sp³-hybridized carbons (Fsp3) is 0.300. The summed E-state index contributed by atoms with van der Waals surface area (Å²) in [7, 11) is 0. The summed E-state index contributed by atoms with van der Waals surface area (Å²) in [5.74, 6) is -0.369. The first-order valence-corrected chi connectivity index (χ1v) is 5.57. The van der Waals surface area contributed by atoms with Crippen molar-refractivity contribution in [3.8, 4) is 6.07 Å². The van der Waals surface area contributed by atoms with Gasteiger partial charge in [0, 0.05) is 22.5 Å². The zero-order valence-electron chi connectivity index (χ0n) is 8.77. The number of nitrogens with zero attached hydrogens (tertiary/aromatic N) is 4. The Kier molecular flexibility index (Phi) is 5.43. The fourth-order valence-electron chi connectivity index (χ4n) is 1.26. The molecule has 0 saturated carbocycles. The summed E-state index contributed by atoms with van der Waals surface area (Å²) in [6.45, 7) is 0.638. The molecule has 0 spiro atoms. The van der Waals surface area contributed by atoms with Crippen molar-refractivity contribution in [2.24, 2.45) is 5.11 Å². The lowest BCUT2D eigenvalue weighted by Gasteiger charge is -2.12. The quantitative estimate of drug-likeness (QED) is 0.392. The van der Waals surface area contributed by atoms with Crippen LogP contribution in [-0.2, 0) is 0 Å². The van der Waals surface area contributed by atoms with E-state index in [2.05, 4.69) is 37.3 Å². The van der Waals surface area contributed by atoms with Crippen molar-refractivity contribution in [3.05, 3.63) is 44.5 Å². The van der Waals surface area contributed by atoms with Gasteiger partial charge in [-0.1, -0.05) is 27.1 Å². The van der Waals surface area contributed by atoms with E-state index in [9.17, 15) is 4.39 Å². The maximum atomic E-state index is 12.9. The van der Waals surface area contributed by atoms with Crippen LogP contribution in [0.15, 0.2) is 27.8 Å². The Bertz CT molecular complexity index is 478. The Morgan fingerprint density at radius 3 is 3.00 bits per heavy atom. The molecule has 1 atom stereocenters. The van der Waals surface area contributed by atoms with E-state index in [0.29, 0.717) is 16.6 Å². The summed E-state index contributed by atoms with van der Waals surface area (Å²) >= 11 is 3.20. The van der Waals surface area contributed by atoms with Crippen molar-refractivity contribution in [2.75, 3.05) is 13.1 Å². The first kappa shape index (κ1) is 13.5. The molecular weight excluding hydrogens is 289 g/mol. The predicted molar refractivity (Wildman–Crippen MR) is 64.5 cm³/mol. The molecule has 7 heteroatoms. The van der Waals surface area contributed by atoms with Crippen LogP contribution in [0.4, 0.5) is 4.39 Å². The van der Waals surface area contributed by atoms with Crippen LogP contribution in [0.25, 0.3) is 10.4 Å². The molecule has 0 aliphatic heterocycles. The minimum absolute atomic E-state index is 0.257. The van der Waals surface area contributed by atoms with E-state index < -0.39 is 6.04 Å². The summed E-state index contributed by atoms with van der Waals surface area (Å²) < 4.78 is 13.4. The van der Waals surface area contributed by atoms with Crippen molar-refractivity contribution >= 4 is 15.9 Å². The van der Waals surface area contributed by atoms with Crippen LogP contribution in [0.2, 0.25) is 0 Å². The lowest BCUT2D eigenvalue weighted by atomic mass is 10.1. The molecule has 1 aromatic rings. The Hall–Kier alpha value is -1.61. The second-order valence-corrected chi connectivity index (χ2v) is 3.99. The van der Waals surface area contributed by atoms with Gasteiger partial charge in [0.15, 0.2) is 0 Å². The average Bonchev–Trinajstić information content (AvgIpc) is 2.31. The molecule has 17 heavy (non-hydrogen) atoms. The first-order valence-electron chi connectivity index (χ1n) is 4.78. The number of rotatable bonds is 5. The average molecular weight is 298 g/mol. The molecule has 0 aliphatic carbocycles. The number of hydrogen-bond donors (Lipinski definition) is 1. The minimum atomic E-state index is -0.570. The van der Waals surface area contributed by atoms with E-state index in [4.69, 9.17) is 10.8 Å². The summed E-state index contributed by atoms with van der Waals surface area (Å²) in [5.41, 5.74) is 8.74. The summed E-state index contributed by atoms with van der Waals surface area (Å²) in [6, 6.07) is 5.61. The molecule has 1 N–H and O–H groups in total. The maximum Gasteiger partial charge on any atom is 0.124 e. The molecule has 0 amide bonds. The molecule has 0 radical (unpaired) electrons. The van der Waals surface area contributed by atoms with Crippen LogP contribution in [0.1, 0.15) is 11.6 Å². The Balaban J connectivity index is 2.73. The number of nitrogens with one attached hydrogen (secondary N) is 1. The number of azide groups is 1. The number of halogens is 2. The molecule has 0 aromatic heterocycles. The number of benzene rings is 1. The second-order valence-electron chi connectivity index (χ2n) is 3.14. The van der Waals surface area contributed by atoms with Gasteiger partial charge < -0.3 is 0 Å². The normalized spacial score (nSPS) is 11.4. The van der Waals surface area contributed by atoms with E-state index in [0.717, 1.165) is 0 Å². The lowest BCUT2D eigenvalue weighted by Crippen LogP contribution is -2.23. The second kappa shape index (κ2) is 6.86. The zero-order valence-corrected chi connectivity index (χ0v) is 10.4. The zero-order chi connectivity index (χ0) is 12.7. The summed E-state index contributed by atoms with van der Waals surface area (Å²) in [4.78, 5) is 2.60. The molecule has 5 nitrogen and oxygen atoms in total. The lowest BCUT2D eigenvalue weighted by molar-refractivity contribution is 0.614. The van der Waals surface area contributed by atoms with Crippen LogP contribution in [0.3, 0.4) is 0 Å². The Morgan fingerprint density at radius 2 is 2.41 bits per heavy atom. The van der Waals surface area contributed by atoms with Crippen molar-refractivity contribution in [2.45, 2.75) is 6.04 Å². The van der Waals surface area contributed by atoms with Crippen LogP contribution in [-0.4, -0.2) is 13.1 Å². The molecule has 0 bridgehead atoms. The van der Waals surface area contributed by atoms with Gasteiger partial charge in [0.2, 0.25) is 0 Å². The van der Waals surface area contributed by atoms with E-state index in [1.54, 1.807) is 0 Å². The van der Waals surface area contributed by atoms with E-state index in [1.807, 2.05) is 0 Å². The van der Waals surface area contributed by atoms with Crippen molar-refractivity contribution in [1.82, 2.24) is 5.32 Å². The predicted octanol–water partition coefficient (Wildman–Crippen LogP) is 3.05. The largest absolute Gasteiger partial charge is 0.298 e. The van der Waals surface area contributed by atoms with Gasteiger partial charge in [0.1, 0.15) is 11.9 Å². The molecule has 1 rings (SSSR count). The highest BCUT2D eigenvalue weighted by molar-refractivity contribution is 9.10. The highest BCUT2D eigenvalue weighted by Gasteiger charge is 2.13. The van der Waals surface area contributed by atoms with E-state index in [1.165, 1.54) is 18.2 Å². The molecule has 88 valence electrons. The standard InChI is InChI=1S/C10H9BrFN5/c11-9-5-7(12)1-2-8(9)10(6-13)15-3-4-16-17-14/h1-2,5,10,15H,3-4H2. The van der Waals surface area contributed by atoms with Crippen LogP contribution >= 0.6 is 15.9 Å². The van der Waals surface area contributed by atoms with Gasteiger partial charge in [-0.05, 0) is 23.2 Å². The SMILES string of the molecule is N#CC(NCCN=[N+]=[N-])c1ccc(F)cc1Br. The highest BCUT2D eigenvalue weighted by atomic mass is 79.9. The van der Waals surface area contributed by atoms with Gasteiger partial charge in [-0.25, -0.2) is 4.39 Å². The molecule has 1 unspecified atom stereocenters. The topological polar surface area (TPSA) is 84.6 Å². The van der Waals surface area contributed by atoms with Gasteiger partial charge >= 0.3 is 0 Å². The van der Waals surface area contributed by atoms with Crippen molar-refractivity contribution < 1.29 is 4.39 Å². The molecule has 0 aliphatic rings. The fourth-order valence-corrected chi connectivity index (χ4v) is 1.84. The first-order chi connectivity index (χ1) is 8.19. The van der Waals surface area contributed by atoms with Gasteiger partial charge in [0.05, 0.1) is 6.07 Å². The van der Waals surface area contributed by atoms with Gasteiger partial charge in [-0.2, -0.15) is 5.26 Å². The molecular formula is C10H9BrFN5. The third-order valence-electron chi connectivity index (χ3n) is 2.03. The molecule has 0 saturated heterocycles. The Morgan fingerprint density at radius 1 is 1.65 bits per heavy atom. The van der Waals surface area contributed by atoms with Crippen LogP contribution in [0, 0.1) is 17.1 Å². The monoisotopic (exact) mass is 297 g/mol. The highest BCUT2D eigenvalue weighted by Crippen LogP contribution is 2.23. The summed E-state index contributed by atoms with van der Waals surface area (Å²) in [6.07, 6.45) is 0. The number of hydrogen-bond acceptors (Lipinski definition) is 3. The van der Waals surface area contributed by atoms with E-state index in [-0.39, 0.29) is 12.4 Å². The molecule has 1 aromatic carbocycles. The van der Waals surface area contributed by atoms with Gasteiger partial charge in [-0.3, -0.25) is 5.32 Å². The summed E-state index contributed by atoms with van der Waals surface area (Å²) in [5, 5.41) is 15.2. The molecule has 0 fully saturated rings. The maximum absolute atomic E-state index is 12.9. The van der Waals surface area contributed by atoms with Crippen molar-refractivity contribution in [3.63, 3.8) is 0 Å². The van der Waals surface area contributed by atoms with Gasteiger partial charge in [0.25, 0.3) is 0 Å². The van der Waals surface area contributed by atoms with Gasteiger partial charge in [-0.15, -0.1) is 0 Å². The third-order valence-corrected chi connectivity index (χ3v) is 2.71. The van der Waals surface area contributed by atoms with Crippen LogP contribution < -0.4 is 5.32 Å². The third kappa shape index (κ3) is 4.04. The Labute approximate surface area is 106 Å². The number of nitriles is 1. The molecule has 0 heterocycles. The smallest absolute Gasteiger partial charge is 0.124 e. The van der Waals surface area contributed by atoms with Crippen molar-refractivity contribution in [1.29, 1.82) is 5.26 Å². The van der Waals surface area contributed by atoms with Crippen LogP contribution in [0.5, 0.6) is 0 Å².